The SMILES string of the molecule is CC(c1c(F)cccc1F)N(C)CCC(=O)O. The number of carboxylic acid groups (broad SMARTS) is 1. The molecule has 0 amide bonds. The number of rotatable bonds is 5. The summed E-state index contributed by atoms with van der Waals surface area (Å²) in [7, 11) is 1.64. The van der Waals surface area contributed by atoms with Crippen LogP contribution in [0.25, 0.3) is 0 Å². The molecule has 0 heterocycles. The third-order valence-corrected chi connectivity index (χ3v) is 2.76. The highest BCUT2D eigenvalue weighted by atomic mass is 19.1. The van der Waals surface area contributed by atoms with E-state index in [4.69, 9.17) is 5.11 Å². The van der Waals surface area contributed by atoms with E-state index in [1.165, 1.54) is 18.2 Å². The van der Waals surface area contributed by atoms with E-state index in [0.29, 0.717) is 0 Å². The zero-order chi connectivity index (χ0) is 13.0. The van der Waals surface area contributed by atoms with Gasteiger partial charge in [-0.15, -0.1) is 0 Å². The molecule has 0 bridgehead atoms. The second kappa shape index (κ2) is 5.72. The number of benzene rings is 1. The molecule has 1 aromatic carbocycles. The highest BCUT2D eigenvalue weighted by molar-refractivity contribution is 5.66. The maximum atomic E-state index is 13.5. The third kappa shape index (κ3) is 3.49. The zero-order valence-corrected chi connectivity index (χ0v) is 9.78. The first-order valence-electron chi connectivity index (χ1n) is 5.29. The summed E-state index contributed by atoms with van der Waals surface area (Å²) in [6, 6.07) is 3.19. The average Bonchev–Trinajstić information content (AvgIpc) is 2.25. The number of nitrogens with zero attached hydrogens (tertiary/aromatic N) is 1. The average molecular weight is 243 g/mol. The largest absolute Gasteiger partial charge is 0.481 e. The molecule has 0 aliphatic carbocycles. The Labute approximate surface area is 98.7 Å². The Morgan fingerprint density at radius 3 is 2.41 bits per heavy atom. The van der Waals surface area contributed by atoms with Crippen molar-refractivity contribution in [3.05, 3.63) is 35.4 Å². The van der Waals surface area contributed by atoms with Gasteiger partial charge >= 0.3 is 5.97 Å². The lowest BCUT2D eigenvalue weighted by Gasteiger charge is -2.25. The second-order valence-electron chi connectivity index (χ2n) is 3.94. The van der Waals surface area contributed by atoms with Crippen LogP contribution in [0.3, 0.4) is 0 Å². The Balaban J connectivity index is 2.81. The van der Waals surface area contributed by atoms with Gasteiger partial charge in [-0.1, -0.05) is 6.07 Å². The van der Waals surface area contributed by atoms with Crippen LogP contribution in [0, 0.1) is 11.6 Å². The molecule has 1 unspecified atom stereocenters. The summed E-state index contributed by atoms with van der Waals surface area (Å²) in [6.45, 7) is 1.88. The molecule has 1 N–H and O–H groups in total. The fourth-order valence-corrected chi connectivity index (χ4v) is 1.60. The molecule has 94 valence electrons. The van der Waals surface area contributed by atoms with Crippen molar-refractivity contribution in [2.75, 3.05) is 13.6 Å². The first kappa shape index (κ1) is 13.6. The summed E-state index contributed by atoms with van der Waals surface area (Å²) >= 11 is 0. The van der Waals surface area contributed by atoms with Gasteiger partial charge in [0.25, 0.3) is 0 Å². The van der Waals surface area contributed by atoms with E-state index >= 15 is 0 Å². The Hall–Kier alpha value is -1.49. The van der Waals surface area contributed by atoms with Gasteiger partial charge in [-0.2, -0.15) is 0 Å². The Morgan fingerprint density at radius 2 is 1.94 bits per heavy atom. The van der Waals surface area contributed by atoms with Crippen molar-refractivity contribution in [2.24, 2.45) is 0 Å². The topological polar surface area (TPSA) is 40.5 Å². The molecule has 1 aromatic rings. The fraction of sp³-hybridized carbons (Fsp3) is 0.417. The van der Waals surface area contributed by atoms with Gasteiger partial charge in [0.05, 0.1) is 6.42 Å². The Morgan fingerprint density at radius 1 is 1.41 bits per heavy atom. The number of halogens is 2. The quantitative estimate of drug-likeness (QED) is 0.863. The molecule has 0 aliphatic heterocycles. The van der Waals surface area contributed by atoms with Crippen LogP contribution in [0.15, 0.2) is 18.2 Å². The molecule has 0 radical (unpaired) electrons. The molecule has 3 nitrogen and oxygen atoms in total. The first-order chi connectivity index (χ1) is 7.93. The van der Waals surface area contributed by atoms with Gasteiger partial charge < -0.3 is 5.11 Å². The van der Waals surface area contributed by atoms with Crippen LogP contribution in [-0.2, 0) is 4.79 Å². The molecule has 0 fully saturated rings. The zero-order valence-electron chi connectivity index (χ0n) is 9.78. The van der Waals surface area contributed by atoms with Crippen LogP contribution in [0.2, 0.25) is 0 Å². The lowest BCUT2D eigenvalue weighted by molar-refractivity contribution is -0.137. The molecule has 0 saturated heterocycles. The maximum absolute atomic E-state index is 13.5. The fourth-order valence-electron chi connectivity index (χ4n) is 1.60. The van der Waals surface area contributed by atoms with Crippen molar-refractivity contribution in [1.82, 2.24) is 4.90 Å². The lowest BCUT2D eigenvalue weighted by Crippen LogP contribution is -2.26. The second-order valence-corrected chi connectivity index (χ2v) is 3.94. The molecular formula is C12H15F2NO2. The first-order valence-corrected chi connectivity index (χ1v) is 5.29. The van der Waals surface area contributed by atoms with Gasteiger partial charge in [0, 0.05) is 18.2 Å². The van der Waals surface area contributed by atoms with Crippen molar-refractivity contribution in [3.8, 4) is 0 Å². The van der Waals surface area contributed by atoms with Crippen LogP contribution in [-0.4, -0.2) is 29.6 Å². The van der Waals surface area contributed by atoms with Crippen molar-refractivity contribution < 1.29 is 18.7 Å². The number of aliphatic carboxylic acids is 1. The van der Waals surface area contributed by atoms with E-state index in [-0.39, 0.29) is 18.5 Å². The minimum absolute atomic E-state index is 0.0274. The summed E-state index contributed by atoms with van der Waals surface area (Å²) in [5, 5.41) is 8.55. The van der Waals surface area contributed by atoms with E-state index in [1.807, 2.05) is 0 Å². The summed E-state index contributed by atoms with van der Waals surface area (Å²) in [5.74, 6) is -2.16. The highest BCUT2D eigenvalue weighted by Crippen LogP contribution is 2.24. The molecule has 5 heteroatoms. The molecule has 17 heavy (non-hydrogen) atoms. The summed E-state index contributed by atoms with van der Waals surface area (Å²) in [6.07, 6.45) is -0.0586. The smallest absolute Gasteiger partial charge is 0.304 e. The number of hydrogen-bond donors (Lipinski definition) is 1. The summed E-state index contributed by atoms with van der Waals surface area (Å²) < 4.78 is 27.0. The van der Waals surface area contributed by atoms with E-state index in [1.54, 1.807) is 18.9 Å². The van der Waals surface area contributed by atoms with E-state index in [9.17, 15) is 13.6 Å². The molecule has 0 saturated carbocycles. The molecular weight excluding hydrogens is 228 g/mol. The van der Waals surface area contributed by atoms with E-state index in [2.05, 4.69) is 0 Å². The predicted molar refractivity (Wildman–Crippen MR) is 59.7 cm³/mol. The minimum Gasteiger partial charge on any atom is -0.481 e. The predicted octanol–water partition coefficient (Wildman–Crippen LogP) is 2.43. The van der Waals surface area contributed by atoms with Gasteiger partial charge in [0.1, 0.15) is 11.6 Å². The number of hydrogen-bond acceptors (Lipinski definition) is 2. The van der Waals surface area contributed by atoms with Crippen molar-refractivity contribution >= 4 is 5.97 Å². The Kier molecular flexibility index (Phi) is 4.57. The van der Waals surface area contributed by atoms with Crippen LogP contribution < -0.4 is 0 Å². The van der Waals surface area contributed by atoms with E-state index < -0.39 is 23.6 Å². The number of carboxylic acids is 1. The van der Waals surface area contributed by atoms with E-state index in [0.717, 1.165) is 0 Å². The van der Waals surface area contributed by atoms with Crippen molar-refractivity contribution in [1.29, 1.82) is 0 Å². The van der Waals surface area contributed by atoms with Crippen LogP contribution in [0.4, 0.5) is 8.78 Å². The van der Waals surface area contributed by atoms with Crippen LogP contribution in [0.5, 0.6) is 0 Å². The summed E-state index contributed by atoms with van der Waals surface area (Å²) in [5.41, 5.74) is -0.0274. The molecule has 0 spiro atoms. The third-order valence-electron chi connectivity index (χ3n) is 2.76. The van der Waals surface area contributed by atoms with Crippen molar-refractivity contribution in [3.63, 3.8) is 0 Å². The maximum Gasteiger partial charge on any atom is 0.304 e. The molecule has 1 rings (SSSR count). The van der Waals surface area contributed by atoms with Gasteiger partial charge in [-0.3, -0.25) is 9.69 Å². The van der Waals surface area contributed by atoms with Crippen LogP contribution >= 0.6 is 0 Å². The molecule has 0 aliphatic rings. The van der Waals surface area contributed by atoms with Gasteiger partial charge in [-0.25, -0.2) is 8.78 Å². The van der Waals surface area contributed by atoms with Gasteiger partial charge in [-0.05, 0) is 26.1 Å². The van der Waals surface area contributed by atoms with Crippen LogP contribution in [0.1, 0.15) is 24.9 Å². The monoisotopic (exact) mass is 243 g/mol. The minimum atomic E-state index is -0.932. The molecule has 1 atom stereocenters. The molecule has 0 aromatic heterocycles. The Bertz CT molecular complexity index is 389. The number of carbonyl (C=O) groups is 1. The van der Waals surface area contributed by atoms with Gasteiger partial charge in [0.2, 0.25) is 0 Å². The summed E-state index contributed by atoms with van der Waals surface area (Å²) in [4.78, 5) is 12.0. The van der Waals surface area contributed by atoms with Gasteiger partial charge in [0.15, 0.2) is 0 Å². The van der Waals surface area contributed by atoms with Crippen molar-refractivity contribution in [2.45, 2.75) is 19.4 Å². The highest BCUT2D eigenvalue weighted by Gasteiger charge is 2.19. The standard InChI is InChI=1S/C12H15F2NO2/c1-8(15(2)7-6-11(16)17)12-9(13)4-3-5-10(12)14/h3-5,8H,6-7H2,1-2H3,(H,16,17). The normalized spacial score (nSPS) is 12.8. The lowest BCUT2D eigenvalue weighted by atomic mass is 10.1.